The van der Waals surface area contributed by atoms with Gasteiger partial charge in [0.05, 0.1) is 5.69 Å². The van der Waals surface area contributed by atoms with E-state index in [-0.39, 0.29) is 10.9 Å². The van der Waals surface area contributed by atoms with Gasteiger partial charge in [-0.05, 0) is 0 Å². The topological polar surface area (TPSA) is 72.0 Å². The van der Waals surface area contributed by atoms with Gasteiger partial charge >= 0.3 is 0 Å². The van der Waals surface area contributed by atoms with Crippen molar-refractivity contribution in [3.05, 3.63) is 18.1 Å². The van der Waals surface area contributed by atoms with Crippen LogP contribution in [0.5, 0.6) is 0 Å². The standard InChI is InChI=1S/C7H9N3O2S/c1-5-4-10-13(11,12)7-6(5)8-2-3-9-7/h2-3,5,10H,4H2,1H3. The predicted octanol–water partition coefficient (Wildman–Crippen LogP) is -0.128. The van der Waals surface area contributed by atoms with Gasteiger partial charge in [0, 0.05) is 24.9 Å². The number of hydrogen-bond acceptors (Lipinski definition) is 4. The number of rotatable bonds is 0. The zero-order valence-electron chi connectivity index (χ0n) is 7.06. The highest BCUT2D eigenvalue weighted by Gasteiger charge is 2.29. The molecule has 0 bridgehead atoms. The molecule has 13 heavy (non-hydrogen) atoms. The van der Waals surface area contributed by atoms with Crippen molar-refractivity contribution >= 4 is 10.0 Å². The second-order valence-corrected chi connectivity index (χ2v) is 4.68. The van der Waals surface area contributed by atoms with Crippen LogP contribution in [0, 0.1) is 0 Å². The van der Waals surface area contributed by atoms with Gasteiger partial charge < -0.3 is 0 Å². The van der Waals surface area contributed by atoms with Crippen LogP contribution >= 0.6 is 0 Å². The quantitative estimate of drug-likeness (QED) is 0.632. The van der Waals surface area contributed by atoms with Crippen LogP contribution in [0.25, 0.3) is 0 Å². The first-order chi connectivity index (χ1) is 6.11. The molecule has 0 aromatic carbocycles. The first-order valence-electron chi connectivity index (χ1n) is 3.92. The minimum absolute atomic E-state index is 0.0637. The first kappa shape index (κ1) is 8.58. The summed E-state index contributed by atoms with van der Waals surface area (Å²) in [6.07, 6.45) is 2.90. The van der Waals surface area contributed by atoms with Crippen molar-refractivity contribution in [2.24, 2.45) is 0 Å². The van der Waals surface area contributed by atoms with Crippen molar-refractivity contribution in [2.75, 3.05) is 6.54 Å². The van der Waals surface area contributed by atoms with Gasteiger partial charge in [-0.25, -0.2) is 18.1 Å². The van der Waals surface area contributed by atoms with E-state index in [4.69, 9.17) is 0 Å². The monoisotopic (exact) mass is 199 g/mol. The molecular weight excluding hydrogens is 190 g/mol. The Morgan fingerprint density at radius 3 is 2.85 bits per heavy atom. The van der Waals surface area contributed by atoms with Crippen LogP contribution in [-0.4, -0.2) is 24.9 Å². The fourth-order valence-corrected chi connectivity index (χ4v) is 2.62. The summed E-state index contributed by atoms with van der Waals surface area (Å²) in [5, 5.41) is 0.0637. The van der Waals surface area contributed by atoms with Gasteiger partial charge in [0.15, 0.2) is 5.03 Å². The number of fused-ring (bicyclic) bond motifs is 1. The molecule has 0 spiro atoms. The Morgan fingerprint density at radius 2 is 2.15 bits per heavy atom. The Bertz CT molecular complexity index is 429. The smallest absolute Gasteiger partial charge is 0.256 e. The predicted molar refractivity (Wildman–Crippen MR) is 45.6 cm³/mol. The molecule has 0 saturated carbocycles. The van der Waals surface area contributed by atoms with Crippen LogP contribution in [0.1, 0.15) is 18.5 Å². The molecule has 5 nitrogen and oxygen atoms in total. The minimum atomic E-state index is -3.40. The Balaban J connectivity index is 2.68. The van der Waals surface area contributed by atoms with Crippen LogP contribution in [0.15, 0.2) is 17.4 Å². The van der Waals surface area contributed by atoms with E-state index in [0.29, 0.717) is 12.2 Å². The highest BCUT2D eigenvalue weighted by Crippen LogP contribution is 2.23. The lowest BCUT2D eigenvalue weighted by Gasteiger charge is -2.20. The van der Waals surface area contributed by atoms with Crippen molar-refractivity contribution in [1.82, 2.24) is 14.7 Å². The Kier molecular flexibility index (Phi) is 1.81. The van der Waals surface area contributed by atoms with Crippen LogP contribution < -0.4 is 4.72 Å². The molecule has 1 N–H and O–H groups in total. The molecule has 0 aliphatic carbocycles. The van der Waals surface area contributed by atoms with Gasteiger partial charge in [-0.3, -0.25) is 4.98 Å². The zero-order chi connectivity index (χ0) is 9.47. The average Bonchev–Trinajstić information content (AvgIpc) is 2.13. The van der Waals surface area contributed by atoms with Crippen molar-refractivity contribution in [3.8, 4) is 0 Å². The molecule has 0 amide bonds. The summed E-state index contributed by atoms with van der Waals surface area (Å²) in [5.74, 6) is 0.0900. The Hall–Kier alpha value is -1.01. The fraction of sp³-hybridized carbons (Fsp3) is 0.429. The summed E-state index contributed by atoms with van der Waals surface area (Å²) in [5.41, 5.74) is 0.557. The average molecular weight is 199 g/mol. The molecule has 0 fully saturated rings. The van der Waals surface area contributed by atoms with Gasteiger partial charge in [0.25, 0.3) is 10.0 Å². The highest BCUT2D eigenvalue weighted by atomic mass is 32.2. The highest BCUT2D eigenvalue weighted by molar-refractivity contribution is 7.89. The van der Waals surface area contributed by atoms with Gasteiger partial charge in [0.1, 0.15) is 0 Å². The molecule has 1 unspecified atom stereocenters. The first-order valence-corrected chi connectivity index (χ1v) is 5.40. The third-order valence-electron chi connectivity index (χ3n) is 1.99. The second-order valence-electron chi connectivity index (χ2n) is 3.00. The van der Waals surface area contributed by atoms with Crippen LogP contribution in [-0.2, 0) is 10.0 Å². The lowest BCUT2D eigenvalue weighted by Crippen LogP contribution is -2.35. The van der Waals surface area contributed by atoms with E-state index in [0.717, 1.165) is 0 Å². The maximum Gasteiger partial charge on any atom is 0.259 e. The Labute approximate surface area is 76.3 Å². The van der Waals surface area contributed by atoms with Gasteiger partial charge in [-0.2, -0.15) is 0 Å². The van der Waals surface area contributed by atoms with E-state index in [1.54, 1.807) is 0 Å². The molecule has 2 rings (SSSR count). The molecular formula is C7H9N3O2S. The lowest BCUT2D eigenvalue weighted by molar-refractivity contribution is 0.545. The van der Waals surface area contributed by atoms with E-state index in [1.807, 2.05) is 6.92 Å². The van der Waals surface area contributed by atoms with Crippen molar-refractivity contribution in [2.45, 2.75) is 17.9 Å². The molecule has 6 heteroatoms. The zero-order valence-corrected chi connectivity index (χ0v) is 7.87. The maximum absolute atomic E-state index is 11.4. The second kappa shape index (κ2) is 2.74. The molecule has 1 aliphatic rings. The summed E-state index contributed by atoms with van der Waals surface area (Å²) >= 11 is 0. The molecule has 0 saturated heterocycles. The normalized spacial score (nSPS) is 25.2. The molecule has 1 aliphatic heterocycles. The van der Waals surface area contributed by atoms with Crippen LogP contribution in [0.3, 0.4) is 0 Å². The summed E-state index contributed by atoms with van der Waals surface area (Å²) < 4.78 is 25.2. The molecule has 1 aromatic rings. The fourth-order valence-electron chi connectivity index (χ4n) is 1.28. The number of aromatic nitrogens is 2. The van der Waals surface area contributed by atoms with E-state index in [2.05, 4.69) is 14.7 Å². The SMILES string of the molecule is CC1CNS(=O)(=O)c2nccnc21. The van der Waals surface area contributed by atoms with Crippen molar-refractivity contribution in [3.63, 3.8) is 0 Å². The van der Waals surface area contributed by atoms with Crippen LogP contribution in [0.4, 0.5) is 0 Å². The van der Waals surface area contributed by atoms with Crippen molar-refractivity contribution in [1.29, 1.82) is 0 Å². The molecule has 1 atom stereocenters. The summed E-state index contributed by atoms with van der Waals surface area (Å²) in [7, 11) is -3.40. The third kappa shape index (κ3) is 1.31. The van der Waals surface area contributed by atoms with E-state index in [9.17, 15) is 8.42 Å². The lowest BCUT2D eigenvalue weighted by atomic mass is 10.1. The minimum Gasteiger partial charge on any atom is -0.256 e. The number of nitrogens with one attached hydrogen (secondary N) is 1. The summed E-state index contributed by atoms with van der Waals surface area (Å²) in [4.78, 5) is 7.82. The maximum atomic E-state index is 11.4. The molecule has 2 heterocycles. The van der Waals surface area contributed by atoms with Gasteiger partial charge in [-0.1, -0.05) is 6.92 Å². The van der Waals surface area contributed by atoms with Gasteiger partial charge in [-0.15, -0.1) is 0 Å². The van der Waals surface area contributed by atoms with E-state index >= 15 is 0 Å². The third-order valence-corrected chi connectivity index (χ3v) is 3.36. The number of nitrogens with zero attached hydrogens (tertiary/aromatic N) is 2. The van der Waals surface area contributed by atoms with E-state index < -0.39 is 10.0 Å². The number of sulfonamides is 1. The van der Waals surface area contributed by atoms with Crippen molar-refractivity contribution < 1.29 is 8.42 Å². The van der Waals surface area contributed by atoms with E-state index in [1.165, 1.54) is 12.4 Å². The summed E-state index contributed by atoms with van der Waals surface area (Å²) in [6.45, 7) is 2.31. The molecule has 1 aromatic heterocycles. The van der Waals surface area contributed by atoms with Gasteiger partial charge in [0.2, 0.25) is 0 Å². The molecule has 0 radical (unpaired) electrons. The number of hydrogen-bond donors (Lipinski definition) is 1. The molecule has 70 valence electrons. The van der Waals surface area contributed by atoms with Crippen LogP contribution in [0.2, 0.25) is 0 Å². The Morgan fingerprint density at radius 1 is 1.46 bits per heavy atom. The summed E-state index contributed by atoms with van der Waals surface area (Å²) in [6, 6.07) is 0. The largest absolute Gasteiger partial charge is 0.259 e.